The molecule has 2 unspecified atom stereocenters. The van der Waals surface area contributed by atoms with Crippen LogP contribution < -0.4 is 10.5 Å². The van der Waals surface area contributed by atoms with Gasteiger partial charge in [0.05, 0.1) is 4.92 Å². The number of ether oxygens (including phenoxy) is 1. The van der Waals surface area contributed by atoms with Crippen LogP contribution in [0.25, 0.3) is 11.0 Å². The average Bonchev–Trinajstić information content (AvgIpc) is 2.90. The molecule has 0 spiro atoms. The number of hydrogen-bond donors (Lipinski definition) is 1. The monoisotopic (exact) mass is 278 g/mol. The molecule has 0 radical (unpaired) electrons. The third kappa shape index (κ3) is 2.18. The molecule has 106 valence electrons. The Bertz CT molecular complexity index is 641. The van der Waals surface area contributed by atoms with Crippen molar-refractivity contribution in [1.82, 2.24) is 10.3 Å². The van der Waals surface area contributed by atoms with Crippen molar-refractivity contribution in [3.63, 3.8) is 0 Å². The maximum absolute atomic E-state index is 10.9. The maximum atomic E-state index is 10.9. The second kappa shape index (κ2) is 5.04. The number of benzene rings is 1. The lowest BCUT2D eigenvalue weighted by Crippen LogP contribution is -2.41. The summed E-state index contributed by atoms with van der Waals surface area (Å²) in [6, 6.07) is 2.83. The molecule has 20 heavy (non-hydrogen) atoms. The van der Waals surface area contributed by atoms with Crippen molar-refractivity contribution in [2.75, 3.05) is 0 Å². The van der Waals surface area contributed by atoms with Gasteiger partial charge in [-0.2, -0.15) is 0 Å². The summed E-state index contributed by atoms with van der Waals surface area (Å²) in [5.41, 5.74) is 6.24. The molecule has 1 aliphatic carbocycles. The van der Waals surface area contributed by atoms with E-state index in [4.69, 9.17) is 10.5 Å². The first-order chi connectivity index (χ1) is 9.66. The first-order valence-electron chi connectivity index (χ1n) is 6.48. The molecule has 1 fully saturated rings. The fourth-order valence-electron chi connectivity index (χ4n) is 2.51. The van der Waals surface area contributed by atoms with Crippen molar-refractivity contribution in [2.24, 2.45) is 5.73 Å². The highest BCUT2D eigenvalue weighted by Crippen LogP contribution is 2.32. The molecule has 2 aromatic rings. The van der Waals surface area contributed by atoms with Gasteiger partial charge in [-0.1, -0.05) is 6.42 Å². The molecule has 2 N–H and O–H groups in total. The van der Waals surface area contributed by atoms with Crippen LogP contribution in [0.5, 0.6) is 5.75 Å². The van der Waals surface area contributed by atoms with Gasteiger partial charge in [-0.15, -0.1) is 0 Å². The molecule has 1 heterocycles. The first kappa shape index (κ1) is 12.8. The van der Waals surface area contributed by atoms with E-state index in [9.17, 15) is 10.1 Å². The highest BCUT2D eigenvalue weighted by Gasteiger charge is 2.26. The highest BCUT2D eigenvalue weighted by atomic mass is 16.6. The lowest BCUT2D eigenvalue weighted by molar-refractivity contribution is -0.383. The van der Waals surface area contributed by atoms with Gasteiger partial charge in [0.15, 0.2) is 11.3 Å². The molecular weight excluding hydrogens is 264 g/mol. The largest absolute Gasteiger partial charge is 0.486 e. The zero-order chi connectivity index (χ0) is 14.1. The van der Waals surface area contributed by atoms with Crippen LogP contribution in [-0.2, 0) is 0 Å². The van der Waals surface area contributed by atoms with E-state index in [-0.39, 0.29) is 28.9 Å². The van der Waals surface area contributed by atoms with Crippen molar-refractivity contribution in [1.29, 1.82) is 0 Å². The van der Waals surface area contributed by atoms with Gasteiger partial charge in [-0.3, -0.25) is 10.1 Å². The minimum atomic E-state index is -0.525. The van der Waals surface area contributed by atoms with Crippen molar-refractivity contribution in [3.05, 3.63) is 22.2 Å². The molecule has 1 saturated carbocycles. The van der Waals surface area contributed by atoms with Crippen LogP contribution in [0.2, 0.25) is 0 Å². The number of aromatic nitrogens is 2. The number of nitro groups is 1. The smallest absolute Gasteiger partial charge is 0.301 e. The third-order valence-corrected chi connectivity index (χ3v) is 3.59. The van der Waals surface area contributed by atoms with Crippen molar-refractivity contribution < 1.29 is 14.3 Å². The Morgan fingerprint density at radius 2 is 2.05 bits per heavy atom. The molecule has 0 bridgehead atoms. The first-order valence-corrected chi connectivity index (χ1v) is 6.48. The second-order valence-corrected chi connectivity index (χ2v) is 4.91. The average molecular weight is 278 g/mol. The van der Waals surface area contributed by atoms with E-state index in [2.05, 4.69) is 14.9 Å². The van der Waals surface area contributed by atoms with E-state index in [1.807, 2.05) is 0 Å². The van der Waals surface area contributed by atoms with Gasteiger partial charge in [0, 0.05) is 12.1 Å². The van der Waals surface area contributed by atoms with E-state index in [0.717, 1.165) is 25.7 Å². The Morgan fingerprint density at radius 1 is 1.30 bits per heavy atom. The Morgan fingerprint density at radius 3 is 2.80 bits per heavy atom. The maximum Gasteiger partial charge on any atom is 0.301 e. The number of nitrogens with two attached hydrogens (primary N) is 1. The van der Waals surface area contributed by atoms with Gasteiger partial charge in [0.1, 0.15) is 6.10 Å². The fourth-order valence-corrected chi connectivity index (χ4v) is 2.51. The third-order valence-electron chi connectivity index (χ3n) is 3.59. The molecule has 2 atom stereocenters. The molecular formula is C12H14N4O4. The molecule has 0 amide bonds. The topological polar surface area (TPSA) is 117 Å². The van der Waals surface area contributed by atoms with Crippen LogP contribution in [-0.4, -0.2) is 27.4 Å². The predicted octanol–water partition coefficient (Wildman–Crippen LogP) is 1.78. The van der Waals surface area contributed by atoms with Crippen LogP contribution >= 0.6 is 0 Å². The second-order valence-electron chi connectivity index (χ2n) is 4.91. The zero-order valence-corrected chi connectivity index (χ0v) is 10.7. The fraction of sp³-hybridized carbons (Fsp3) is 0.500. The Balaban J connectivity index is 1.94. The number of hydrogen-bond acceptors (Lipinski definition) is 7. The molecule has 8 nitrogen and oxygen atoms in total. The Labute approximate surface area is 114 Å². The molecule has 1 aliphatic rings. The summed E-state index contributed by atoms with van der Waals surface area (Å²) in [4.78, 5) is 10.4. The van der Waals surface area contributed by atoms with Gasteiger partial charge in [0.2, 0.25) is 5.52 Å². The quantitative estimate of drug-likeness (QED) is 0.671. The van der Waals surface area contributed by atoms with Gasteiger partial charge in [-0.05, 0) is 35.6 Å². The van der Waals surface area contributed by atoms with Gasteiger partial charge in [-0.25, -0.2) is 4.63 Å². The van der Waals surface area contributed by atoms with E-state index in [1.54, 1.807) is 0 Å². The van der Waals surface area contributed by atoms with Gasteiger partial charge >= 0.3 is 5.69 Å². The standard InChI is InChI=1S/C12H14N4O4/c13-7-3-1-2-4-9(7)19-10-6-5-8(16(17)18)11-12(10)15-20-14-11/h5-7,9H,1-4,13H2. The highest BCUT2D eigenvalue weighted by molar-refractivity contribution is 5.88. The summed E-state index contributed by atoms with van der Waals surface area (Å²) in [5.74, 6) is 0.425. The van der Waals surface area contributed by atoms with Crippen molar-refractivity contribution >= 4 is 16.7 Å². The minimum Gasteiger partial charge on any atom is -0.486 e. The summed E-state index contributed by atoms with van der Waals surface area (Å²) in [6.45, 7) is 0. The van der Waals surface area contributed by atoms with Crippen LogP contribution in [0.1, 0.15) is 25.7 Å². The summed E-state index contributed by atoms with van der Waals surface area (Å²) < 4.78 is 10.5. The summed E-state index contributed by atoms with van der Waals surface area (Å²) >= 11 is 0. The van der Waals surface area contributed by atoms with E-state index < -0.39 is 4.92 Å². The van der Waals surface area contributed by atoms with Crippen molar-refractivity contribution in [3.8, 4) is 5.75 Å². The van der Waals surface area contributed by atoms with Crippen molar-refractivity contribution in [2.45, 2.75) is 37.8 Å². The van der Waals surface area contributed by atoms with Crippen LogP contribution in [0.15, 0.2) is 16.8 Å². The summed E-state index contributed by atoms with van der Waals surface area (Å²) in [7, 11) is 0. The van der Waals surface area contributed by atoms with Gasteiger partial charge < -0.3 is 10.5 Å². The lowest BCUT2D eigenvalue weighted by Gasteiger charge is -2.28. The molecule has 1 aromatic carbocycles. The number of nitrogens with zero attached hydrogens (tertiary/aromatic N) is 3. The molecule has 1 aromatic heterocycles. The molecule has 0 saturated heterocycles. The molecule has 3 rings (SSSR count). The molecule has 8 heteroatoms. The number of non-ortho nitro benzene ring substituents is 1. The SMILES string of the molecule is NC1CCCCC1Oc1ccc([N+](=O)[O-])c2nonc12. The van der Waals surface area contributed by atoms with E-state index in [1.165, 1.54) is 12.1 Å². The number of nitro benzene ring substituents is 1. The molecule has 0 aliphatic heterocycles. The van der Waals surface area contributed by atoms with Crippen LogP contribution in [0, 0.1) is 10.1 Å². The summed E-state index contributed by atoms with van der Waals surface area (Å²) in [5, 5.41) is 18.2. The van der Waals surface area contributed by atoms with E-state index in [0.29, 0.717) is 5.75 Å². The number of fused-ring (bicyclic) bond motifs is 1. The van der Waals surface area contributed by atoms with Crippen LogP contribution in [0.3, 0.4) is 0 Å². The van der Waals surface area contributed by atoms with Gasteiger partial charge in [0.25, 0.3) is 0 Å². The summed E-state index contributed by atoms with van der Waals surface area (Å²) in [6.07, 6.45) is 3.83. The Hall–Kier alpha value is -2.22. The van der Waals surface area contributed by atoms with E-state index >= 15 is 0 Å². The van der Waals surface area contributed by atoms with Crippen LogP contribution in [0.4, 0.5) is 5.69 Å². The minimum absolute atomic E-state index is 0.0335. The zero-order valence-electron chi connectivity index (χ0n) is 10.7. The Kier molecular flexibility index (Phi) is 3.23. The lowest BCUT2D eigenvalue weighted by atomic mass is 9.93. The predicted molar refractivity (Wildman–Crippen MR) is 69.3 cm³/mol. The normalized spacial score (nSPS) is 22.9. The number of rotatable bonds is 3.